The number of nitrogens with zero attached hydrogens (tertiary/aromatic N) is 2. The first kappa shape index (κ1) is 22.0. The molecular formula is C25H22BrN3O2S. The summed E-state index contributed by atoms with van der Waals surface area (Å²) in [6.07, 6.45) is 1.73. The van der Waals surface area contributed by atoms with Crippen molar-refractivity contribution < 1.29 is 9.47 Å². The van der Waals surface area contributed by atoms with Crippen molar-refractivity contribution in [1.29, 1.82) is 0 Å². The number of halogens is 1. The van der Waals surface area contributed by atoms with E-state index in [4.69, 9.17) is 9.47 Å². The zero-order chi connectivity index (χ0) is 22.2. The van der Waals surface area contributed by atoms with Gasteiger partial charge in [0.05, 0.1) is 23.0 Å². The predicted octanol–water partition coefficient (Wildman–Crippen LogP) is 7.00. The van der Waals surface area contributed by atoms with Crippen LogP contribution in [0.1, 0.15) is 18.1 Å². The Morgan fingerprint density at radius 2 is 1.78 bits per heavy atom. The predicted molar refractivity (Wildman–Crippen MR) is 135 cm³/mol. The Kier molecular flexibility index (Phi) is 7.53. The number of nitrogens with one attached hydrogen (secondary N) is 1. The molecule has 0 spiro atoms. The van der Waals surface area contributed by atoms with Gasteiger partial charge in [0, 0.05) is 10.9 Å². The minimum absolute atomic E-state index is 0.461. The zero-order valence-electron chi connectivity index (χ0n) is 17.5. The number of hydrogen-bond donors (Lipinski definition) is 1. The molecule has 1 N–H and O–H groups in total. The molecule has 1 aromatic heterocycles. The van der Waals surface area contributed by atoms with E-state index in [1.807, 2.05) is 85.1 Å². The van der Waals surface area contributed by atoms with Gasteiger partial charge in [-0.25, -0.2) is 4.98 Å². The summed E-state index contributed by atoms with van der Waals surface area (Å²) in [6, 6.07) is 24.0. The maximum absolute atomic E-state index is 6.04. The lowest BCUT2D eigenvalue weighted by molar-refractivity contribution is 0.267. The fraction of sp³-hybridized carbons (Fsp3) is 0.120. The number of hydrogen-bond acceptors (Lipinski definition) is 6. The molecule has 0 amide bonds. The number of aromatic nitrogens is 1. The highest BCUT2D eigenvalue weighted by Gasteiger charge is 2.12. The van der Waals surface area contributed by atoms with Crippen molar-refractivity contribution >= 4 is 38.6 Å². The monoisotopic (exact) mass is 507 g/mol. The van der Waals surface area contributed by atoms with E-state index in [9.17, 15) is 0 Å². The summed E-state index contributed by atoms with van der Waals surface area (Å²) >= 11 is 5.12. The minimum Gasteiger partial charge on any atom is -0.490 e. The van der Waals surface area contributed by atoms with Crippen LogP contribution in [0.3, 0.4) is 0 Å². The van der Waals surface area contributed by atoms with E-state index in [-0.39, 0.29) is 0 Å². The van der Waals surface area contributed by atoms with E-state index >= 15 is 0 Å². The Bertz CT molecular complexity index is 1180. The molecule has 5 nitrogen and oxygen atoms in total. The molecule has 32 heavy (non-hydrogen) atoms. The summed E-state index contributed by atoms with van der Waals surface area (Å²) < 4.78 is 12.7. The van der Waals surface area contributed by atoms with Crippen LogP contribution in [0.4, 0.5) is 5.13 Å². The molecule has 1 heterocycles. The molecular weight excluding hydrogens is 486 g/mol. The third kappa shape index (κ3) is 5.75. The van der Waals surface area contributed by atoms with Crippen LogP contribution in [0, 0.1) is 0 Å². The second kappa shape index (κ2) is 10.9. The normalized spacial score (nSPS) is 10.9. The Morgan fingerprint density at radius 1 is 1.03 bits per heavy atom. The summed E-state index contributed by atoms with van der Waals surface area (Å²) in [5.74, 6) is 1.34. The molecule has 0 radical (unpaired) electrons. The number of rotatable bonds is 9. The summed E-state index contributed by atoms with van der Waals surface area (Å²) in [7, 11) is 0. The Labute approximate surface area is 199 Å². The van der Waals surface area contributed by atoms with E-state index < -0.39 is 0 Å². The van der Waals surface area contributed by atoms with Crippen molar-refractivity contribution in [3.63, 3.8) is 0 Å². The molecule has 0 aliphatic rings. The van der Waals surface area contributed by atoms with Crippen LogP contribution >= 0.6 is 27.3 Å². The maximum atomic E-state index is 6.04. The topological polar surface area (TPSA) is 55.7 Å². The second-order valence-electron chi connectivity index (χ2n) is 6.81. The van der Waals surface area contributed by atoms with Crippen LogP contribution in [0.5, 0.6) is 11.5 Å². The molecule has 0 unspecified atom stereocenters. The lowest BCUT2D eigenvalue weighted by Gasteiger charge is -2.14. The van der Waals surface area contributed by atoms with Gasteiger partial charge < -0.3 is 9.47 Å². The molecule has 0 saturated heterocycles. The van der Waals surface area contributed by atoms with Gasteiger partial charge in [-0.05, 0) is 46.1 Å². The van der Waals surface area contributed by atoms with Crippen LogP contribution in [0.2, 0.25) is 0 Å². The van der Waals surface area contributed by atoms with Crippen LogP contribution in [0.15, 0.2) is 87.8 Å². The van der Waals surface area contributed by atoms with E-state index in [0.717, 1.165) is 32.0 Å². The molecule has 4 rings (SSSR count). The van der Waals surface area contributed by atoms with E-state index in [2.05, 4.69) is 31.4 Å². The van der Waals surface area contributed by atoms with Crippen molar-refractivity contribution in [2.24, 2.45) is 5.10 Å². The number of benzene rings is 3. The highest BCUT2D eigenvalue weighted by molar-refractivity contribution is 9.10. The van der Waals surface area contributed by atoms with Crippen molar-refractivity contribution in [2.45, 2.75) is 13.5 Å². The maximum Gasteiger partial charge on any atom is 0.203 e. The standard InChI is InChI=1S/C25H22BrN3O2S/c1-2-30-23-14-19(13-21(26)24(23)31-16-18-9-5-3-6-10-18)15-27-29-25-28-22(17-32-25)20-11-7-4-8-12-20/h3-15,17H,2,16H2,1H3,(H,28,29). The zero-order valence-corrected chi connectivity index (χ0v) is 19.9. The third-order valence-electron chi connectivity index (χ3n) is 4.51. The SMILES string of the molecule is CCOc1cc(C=NNc2nc(-c3ccccc3)cs2)cc(Br)c1OCc1ccccc1. The lowest BCUT2D eigenvalue weighted by atomic mass is 10.2. The molecule has 3 aromatic carbocycles. The van der Waals surface area contributed by atoms with Crippen LogP contribution in [-0.2, 0) is 6.61 Å². The van der Waals surface area contributed by atoms with Gasteiger partial charge in [0.2, 0.25) is 5.13 Å². The van der Waals surface area contributed by atoms with Gasteiger partial charge in [-0.15, -0.1) is 11.3 Å². The van der Waals surface area contributed by atoms with E-state index in [1.54, 1.807) is 6.21 Å². The quantitative estimate of drug-likeness (QED) is 0.196. The summed E-state index contributed by atoms with van der Waals surface area (Å²) in [5, 5.41) is 7.08. The van der Waals surface area contributed by atoms with Gasteiger partial charge in [0.25, 0.3) is 0 Å². The largest absolute Gasteiger partial charge is 0.490 e. The number of thiazole rings is 1. The molecule has 0 bridgehead atoms. The number of anilines is 1. The summed E-state index contributed by atoms with van der Waals surface area (Å²) in [5.41, 5.74) is 6.98. The number of ether oxygens (including phenoxy) is 2. The molecule has 0 saturated carbocycles. The fourth-order valence-electron chi connectivity index (χ4n) is 3.02. The first-order valence-electron chi connectivity index (χ1n) is 10.2. The highest BCUT2D eigenvalue weighted by atomic mass is 79.9. The van der Waals surface area contributed by atoms with Crippen LogP contribution in [0.25, 0.3) is 11.3 Å². The minimum atomic E-state index is 0.461. The van der Waals surface area contributed by atoms with E-state index in [0.29, 0.717) is 24.7 Å². The first-order valence-corrected chi connectivity index (χ1v) is 11.8. The van der Waals surface area contributed by atoms with Crippen molar-refractivity contribution in [2.75, 3.05) is 12.0 Å². The van der Waals surface area contributed by atoms with Gasteiger partial charge in [-0.2, -0.15) is 5.10 Å². The van der Waals surface area contributed by atoms with Gasteiger partial charge in [-0.3, -0.25) is 5.43 Å². The number of hydrazone groups is 1. The molecule has 7 heteroatoms. The van der Waals surface area contributed by atoms with Crippen LogP contribution in [-0.4, -0.2) is 17.8 Å². The Morgan fingerprint density at radius 3 is 2.53 bits per heavy atom. The molecule has 0 aliphatic heterocycles. The smallest absolute Gasteiger partial charge is 0.203 e. The van der Waals surface area contributed by atoms with Crippen molar-refractivity contribution in [3.8, 4) is 22.8 Å². The lowest BCUT2D eigenvalue weighted by Crippen LogP contribution is -2.01. The van der Waals surface area contributed by atoms with Crippen LogP contribution < -0.4 is 14.9 Å². The van der Waals surface area contributed by atoms with Gasteiger partial charge in [0.15, 0.2) is 11.5 Å². The molecule has 162 valence electrons. The van der Waals surface area contributed by atoms with Gasteiger partial charge >= 0.3 is 0 Å². The summed E-state index contributed by atoms with van der Waals surface area (Å²) in [6.45, 7) is 2.95. The van der Waals surface area contributed by atoms with Gasteiger partial charge in [0.1, 0.15) is 6.61 Å². The second-order valence-corrected chi connectivity index (χ2v) is 8.52. The average molecular weight is 508 g/mol. The van der Waals surface area contributed by atoms with Gasteiger partial charge in [-0.1, -0.05) is 60.7 Å². The third-order valence-corrected chi connectivity index (χ3v) is 5.84. The van der Waals surface area contributed by atoms with Crippen molar-refractivity contribution in [1.82, 2.24) is 4.98 Å². The summed E-state index contributed by atoms with van der Waals surface area (Å²) in [4.78, 5) is 4.58. The molecule has 0 aliphatic carbocycles. The molecule has 0 atom stereocenters. The Hall–Kier alpha value is -3.16. The highest BCUT2D eigenvalue weighted by Crippen LogP contribution is 2.37. The fourth-order valence-corrected chi connectivity index (χ4v) is 4.27. The average Bonchev–Trinajstić information content (AvgIpc) is 3.29. The van der Waals surface area contributed by atoms with E-state index in [1.165, 1.54) is 11.3 Å². The molecule has 4 aromatic rings. The Balaban J connectivity index is 1.45. The van der Waals surface area contributed by atoms with Crippen molar-refractivity contribution in [3.05, 3.63) is 93.8 Å². The molecule has 0 fully saturated rings. The first-order chi connectivity index (χ1) is 15.7.